The Bertz CT molecular complexity index is 1930. The topological polar surface area (TPSA) is 129 Å². The van der Waals surface area contributed by atoms with Crippen LogP contribution >= 0.6 is 11.8 Å². The molecule has 0 saturated heterocycles. The van der Waals surface area contributed by atoms with Gasteiger partial charge in [0, 0.05) is 27.5 Å². The lowest BCUT2D eigenvalue weighted by Crippen LogP contribution is -2.48. The number of carbonyl (C=O) groups is 3. The van der Waals surface area contributed by atoms with Crippen molar-refractivity contribution in [2.75, 3.05) is 25.7 Å². The molecule has 1 heterocycles. The monoisotopic (exact) mass is 767 g/mol. The molecule has 55 heavy (non-hydrogen) atoms. The summed E-state index contributed by atoms with van der Waals surface area (Å²) in [4.78, 5) is 44.9. The number of alkyl carbamates (subject to hydrolysis) is 1. The minimum atomic E-state index is -1.20. The lowest BCUT2D eigenvalue weighted by Gasteiger charge is -2.36. The fourth-order valence-corrected chi connectivity index (χ4v) is 8.03. The zero-order valence-corrected chi connectivity index (χ0v) is 33.5. The second-order valence-electron chi connectivity index (χ2n) is 14.5. The highest BCUT2D eigenvalue weighted by molar-refractivity contribution is 7.99. The Balaban J connectivity index is 1.57. The van der Waals surface area contributed by atoms with Crippen LogP contribution in [0.15, 0.2) is 94.7 Å². The summed E-state index contributed by atoms with van der Waals surface area (Å²) in [7, 11) is 3.13. The van der Waals surface area contributed by atoms with E-state index in [4.69, 9.17) is 24.7 Å². The summed E-state index contributed by atoms with van der Waals surface area (Å²) in [6.45, 7) is 8.32. The SMILES string of the molecule is CCCCCCN1c2ccc(OC)c(CC(=O)OCc3ccccc3)c2Sc2c1ccc(OC)c2C(N)C(=O)[C@H](Cc1ccccc1)NC(=O)OC(C)(C)C. The molecular weight excluding hydrogens is 715 g/mol. The number of esters is 1. The lowest BCUT2D eigenvalue weighted by atomic mass is 9.93. The molecule has 0 radical (unpaired) electrons. The molecule has 4 aromatic rings. The molecule has 0 spiro atoms. The molecule has 1 aliphatic rings. The van der Waals surface area contributed by atoms with Crippen LogP contribution in [0.25, 0.3) is 0 Å². The summed E-state index contributed by atoms with van der Waals surface area (Å²) in [5, 5.41) is 2.81. The molecular formula is C44H53N3O7S. The number of Topliss-reactive ketones (excluding diaryl/α,β-unsaturated/α-hetero) is 1. The van der Waals surface area contributed by atoms with Gasteiger partial charge in [-0.2, -0.15) is 0 Å². The van der Waals surface area contributed by atoms with Gasteiger partial charge in [-0.25, -0.2) is 4.79 Å². The van der Waals surface area contributed by atoms with Crippen LogP contribution in [0, 0.1) is 0 Å². The zero-order valence-electron chi connectivity index (χ0n) is 32.7. The molecule has 1 amide bonds. The predicted molar refractivity (Wildman–Crippen MR) is 216 cm³/mol. The van der Waals surface area contributed by atoms with Crippen molar-refractivity contribution in [2.24, 2.45) is 5.73 Å². The van der Waals surface area contributed by atoms with E-state index in [-0.39, 0.29) is 19.4 Å². The van der Waals surface area contributed by atoms with E-state index in [0.29, 0.717) is 29.2 Å². The van der Waals surface area contributed by atoms with Crippen molar-refractivity contribution in [2.45, 2.75) is 100 Å². The van der Waals surface area contributed by atoms with Crippen molar-refractivity contribution in [3.8, 4) is 11.5 Å². The quantitative estimate of drug-likeness (QED) is 0.0794. The predicted octanol–water partition coefficient (Wildman–Crippen LogP) is 8.88. The number of rotatable bonds is 17. The normalized spacial score (nSPS) is 13.2. The van der Waals surface area contributed by atoms with Crippen molar-refractivity contribution >= 4 is 41.0 Å². The van der Waals surface area contributed by atoms with Gasteiger partial charge in [-0.3, -0.25) is 9.59 Å². The van der Waals surface area contributed by atoms with Crippen LogP contribution in [0.4, 0.5) is 16.2 Å². The molecule has 2 atom stereocenters. The van der Waals surface area contributed by atoms with Gasteiger partial charge in [-0.05, 0) is 69.0 Å². The number of carbonyl (C=O) groups excluding carboxylic acids is 3. The Morgan fingerprint density at radius 3 is 2.04 bits per heavy atom. The van der Waals surface area contributed by atoms with Gasteiger partial charge in [-0.1, -0.05) is 98.6 Å². The minimum absolute atomic E-state index is 0.0333. The average Bonchev–Trinajstić information content (AvgIpc) is 3.17. The van der Waals surface area contributed by atoms with E-state index in [1.165, 1.54) is 11.8 Å². The standard InChI is InChI=1S/C44H53N3O7S/c1-7-8-9-16-25-47-33-21-23-35(51-5)31(27-37(48)53-28-30-19-14-11-15-20-30)41(33)55-42-34(47)22-24-36(52-6)38(42)39(45)40(49)32(26-29-17-12-10-13-18-29)46-43(50)54-44(2,3)4/h10-15,17-24,32,39H,7-9,16,25-28,45H2,1-6H3,(H,46,50)/t32-,39?/m0/s1. The van der Waals surface area contributed by atoms with Crippen LogP contribution in [-0.2, 0) is 38.5 Å². The van der Waals surface area contributed by atoms with Crippen LogP contribution in [0.3, 0.4) is 0 Å². The number of amides is 1. The Morgan fingerprint density at radius 2 is 1.42 bits per heavy atom. The summed E-state index contributed by atoms with van der Waals surface area (Å²) >= 11 is 1.43. The molecule has 0 bridgehead atoms. The largest absolute Gasteiger partial charge is 0.496 e. The molecule has 292 valence electrons. The van der Waals surface area contributed by atoms with E-state index < -0.39 is 35.5 Å². The van der Waals surface area contributed by atoms with E-state index in [0.717, 1.165) is 58.0 Å². The number of unbranched alkanes of at least 4 members (excludes halogenated alkanes) is 3. The van der Waals surface area contributed by atoms with E-state index in [9.17, 15) is 14.4 Å². The molecule has 1 aliphatic heterocycles. The van der Waals surface area contributed by atoms with Crippen molar-refractivity contribution in [3.63, 3.8) is 0 Å². The van der Waals surface area contributed by atoms with E-state index >= 15 is 0 Å². The summed E-state index contributed by atoms with van der Waals surface area (Å²) < 4.78 is 23.0. The van der Waals surface area contributed by atoms with Crippen LogP contribution in [0.1, 0.15) is 81.7 Å². The highest BCUT2D eigenvalue weighted by Crippen LogP contribution is 2.55. The van der Waals surface area contributed by atoms with Crippen LogP contribution in [0.2, 0.25) is 0 Å². The number of hydrogen-bond acceptors (Lipinski definition) is 10. The maximum Gasteiger partial charge on any atom is 0.408 e. The van der Waals surface area contributed by atoms with Crippen molar-refractivity contribution in [1.82, 2.24) is 5.32 Å². The van der Waals surface area contributed by atoms with Crippen LogP contribution in [-0.4, -0.2) is 50.3 Å². The van der Waals surface area contributed by atoms with Gasteiger partial charge in [0.05, 0.1) is 44.1 Å². The molecule has 1 unspecified atom stereocenters. The molecule has 3 N–H and O–H groups in total. The third-order valence-electron chi connectivity index (χ3n) is 9.29. The number of hydrogen-bond donors (Lipinski definition) is 2. The number of benzene rings is 4. The fraction of sp³-hybridized carbons (Fsp3) is 0.386. The van der Waals surface area contributed by atoms with Gasteiger partial charge in [0.15, 0.2) is 5.78 Å². The van der Waals surface area contributed by atoms with Gasteiger partial charge in [0.2, 0.25) is 0 Å². The average molecular weight is 768 g/mol. The molecule has 5 rings (SSSR count). The van der Waals surface area contributed by atoms with E-state index in [1.807, 2.05) is 84.9 Å². The van der Waals surface area contributed by atoms with Gasteiger partial charge >= 0.3 is 12.1 Å². The van der Waals surface area contributed by atoms with Crippen LogP contribution in [0.5, 0.6) is 11.5 Å². The minimum Gasteiger partial charge on any atom is -0.496 e. The second kappa shape index (κ2) is 19.0. The number of anilines is 2. The molecule has 0 aliphatic carbocycles. The third-order valence-corrected chi connectivity index (χ3v) is 10.6. The Morgan fingerprint density at radius 1 is 0.800 bits per heavy atom. The first-order valence-corrected chi connectivity index (χ1v) is 19.6. The van der Waals surface area contributed by atoms with Gasteiger partial charge < -0.3 is 34.9 Å². The first kappa shape index (κ1) is 41.2. The molecule has 10 nitrogen and oxygen atoms in total. The maximum absolute atomic E-state index is 14.6. The van der Waals surface area contributed by atoms with Gasteiger partial charge in [-0.15, -0.1) is 0 Å². The first-order chi connectivity index (χ1) is 26.4. The number of nitrogens with zero attached hydrogens (tertiary/aromatic N) is 1. The van der Waals surface area contributed by atoms with Crippen molar-refractivity contribution in [3.05, 3.63) is 107 Å². The second-order valence-corrected chi connectivity index (χ2v) is 15.6. The van der Waals surface area contributed by atoms with Crippen molar-refractivity contribution < 1.29 is 33.3 Å². The Kier molecular flexibility index (Phi) is 14.3. The lowest BCUT2D eigenvalue weighted by molar-refractivity contribution is -0.144. The number of ether oxygens (including phenoxy) is 4. The molecule has 0 saturated carbocycles. The van der Waals surface area contributed by atoms with E-state index in [1.54, 1.807) is 35.0 Å². The molecule has 4 aromatic carbocycles. The van der Waals surface area contributed by atoms with Crippen LogP contribution < -0.4 is 25.4 Å². The Labute approximate surface area is 329 Å². The molecule has 0 fully saturated rings. The highest BCUT2D eigenvalue weighted by atomic mass is 32.2. The zero-order chi connectivity index (χ0) is 39.5. The summed E-state index contributed by atoms with van der Waals surface area (Å²) in [6, 6.07) is 24.5. The van der Waals surface area contributed by atoms with Crippen molar-refractivity contribution in [1.29, 1.82) is 0 Å². The summed E-state index contributed by atoms with van der Waals surface area (Å²) in [6.07, 6.45) is 3.61. The maximum atomic E-state index is 14.6. The molecule has 11 heteroatoms. The third kappa shape index (κ3) is 10.6. The fourth-order valence-electron chi connectivity index (χ4n) is 6.63. The smallest absolute Gasteiger partial charge is 0.408 e. The number of nitrogens with two attached hydrogens (primary N) is 1. The first-order valence-electron chi connectivity index (χ1n) is 18.8. The number of nitrogens with one attached hydrogen (secondary N) is 1. The number of ketones is 1. The van der Waals surface area contributed by atoms with E-state index in [2.05, 4.69) is 17.1 Å². The summed E-state index contributed by atoms with van der Waals surface area (Å²) in [5.74, 6) is 0.180. The van der Waals surface area contributed by atoms with Gasteiger partial charge in [0.1, 0.15) is 23.7 Å². The van der Waals surface area contributed by atoms with Gasteiger partial charge in [0.25, 0.3) is 0 Å². The Hall–Kier alpha value is -5.00. The molecule has 0 aromatic heterocycles. The summed E-state index contributed by atoms with van der Waals surface area (Å²) in [5.41, 5.74) is 10.9. The highest BCUT2D eigenvalue weighted by Gasteiger charge is 2.37. The number of fused-ring (bicyclic) bond motifs is 2. The number of methoxy groups -OCH3 is 2.